The predicted octanol–water partition coefficient (Wildman–Crippen LogP) is 0.617. The Kier molecular flexibility index (Phi) is 2.99. The van der Waals surface area contributed by atoms with Crippen LogP contribution in [0, 0.1) is 5.92 Å². The van der Waals surface area contributed by atoms with Gasteiger partial charge in [-0.15, -0.1) is 0 Å². The van der Waals surface area contributed by atoms with Crippen LogP contribution in [0.25, 0.3) is 0 Å². The number of fused-ring (bicyclic) bond motifs is 4. The first-order valence-corrected chi connectivity index (χ1v) is 6.72. The number of piperidine rings is 1. The molecule has 2 aliphatic heterocycles. The summed E-state index contributed by atoms with van der Waals surface area (Å²) in [7, 11) is 4.07. The molecule has 2 bridgehead atoms. The summed E-state index contributed by atoms with van der Waals surface area (Å²) in [4.78, 5) is 14.3. The second kappa shape index (κ2) is 4.52. The summed E-state index contributed by atoms with van der Waals surface area (Å²) in [6, 6.07) is 4.03. The summed E-state index contributed by atoms with van der Waals surface area (Å²) >= 11 is 0. The average molecular weight is 247 g/mol. The van der Waals surface area contributed by atoms with Crippen molar-refractivity contribution in [3.63, 3.8) is 0 Å². The van der Waals surface area contributed by atoms with Crippen molar-refractivity contribution >= 4 is 0 Å². The molecule has 3 heterocycles. The van der Waals surface area contributed by atoms with Gasteiger partial charge in [0.2, 0.25) is 0 Å². The minimum absolute atomic E-state index is 0.181. The van der Waals surface area contributed by atoms with E-state index < -0.39 is 0 Å². The lowest BCUT2D eigenvalue weighted by atomic mass is 9.84. The van der Waals surface area contributed by atoms with E-state index in [9.17, 15) is 4.79 Å². The molecule has 98 valence electrons. The predicted molar refractivity (Wildman–Crippen MR) is 71.8 cm³/mol. The first kappa shape index (κ1) is 11.9. The smallest absolute Gasteiger partial charge is 0.251 e. The van der Waals surface area contributed by atoms with Crippen molar-refractivity contribution in [3.8, 4) is 0 Å². The number of nitrogens with zero attached hydrogens (tertiary/aromatic N) is 2. The van der Waals surface area contributed by atoms with Crippen molar-refractivity contribution in [3.05, 3.63) is 33.7 Å². The molecule has 18 heavy (non-hydrogen) atoms. The van der Waals surface area contributed by atoms with E-state index in [0.717, 1.165) is 31.7 Å². The molecule has 1 N–H and O–H groups in total. The number of aromatic nitrogens is 1. The first-order valence-electron chi connectivity index (χ1n) is 6.72. The molecule has 2 aliphatic rings. The second-order valence-corrected chi connectivity index (χ2v) is 5.93. The van der Waals surface area contributed by atoms with Gasteiger partial charge in [-0.05, 0) is 44.6 Å². The van der Waals surface area contributed by atoms with Crippen LogP contribution in [0.2, 0.25) is 0 Å². The molecular formula is C14H21N3O. The second-order valence-electron chi connectivity index (χ2n) is 5.93. The number of hydrogen-bond acceptors (Lipinski definition) is 3. The van der Waals surface area contributed by atoms with Crippen LogP contribution in [0.5, 0.6) is 0 Å². The van der Waals surface area contributed by atoms with Gasteiger partial charge in [0, 0.05) is 37.3 Å². The van der Waals surface area contributed by atoms with Crippen molar-refractivity contribution in [2.24, 2.45) is 5.92 Å². The van der Waals surface area contributed by atoms with Gasteiger partial charge >= 0.3 is 0 Å². The lowest BCUT2D eigenvalue weighted by Gasteiger charge is -2.37. The Morgan fingerprint density at radius 1 is 1.39 bits per heavy atom. The van der Waals surface area contributed by atoms with Gasteiger partial charge in [-0.1, -0.05) is 0 Å². The van der Waals surface area contributed by atoms with Crippen molar-refractivity contribution in [2.75, 3.05) is 27.2 Å². The zero-order valence-electron chi connectivity index (χ0n) is 11.1. The van der Waals surface area contributed by atoms with E-state index in [0.29, 0.717) is 11.8 Å². The molecule has 1 fully saturated rings. The minimum Gasteiger partial charge on any atom is -0.316 e. The Bertz CT molecular complexity index is 506. The van der Waals surface area contributed by atoms with Gasteiger partial charge in [0.25, 0.3) is 5.56 Å². The third-order valence-corrected chi connectivity index (χ3v) is 4.02. The Balaban J connectivity index is 2.02. The zero-order chi connectivity index (χ0) is 12.7. The summed E-state index contributed by atoms with van der Waals surface area (Å²) in [6.07, 6.45) is 1.23. The molecule has 4 nitrogen and oxygen atoms in total. The molecule has 1 aromatic heterocycles. The van der Waals surface area contributed by atoms with Gasteiger partial charge in [0.1, 0.15) is 0 Å². The van der Waals surface area contributed by atoms with Gasteiger partial charge in [-0.3, -0.25) is 4.79 Å². The van der Waals surface area contributed by atoms with Crippen molar-refractivity contribution < 1.29 is 0 Å². The number of pyridine rings is 1. The molecule has 0 aliphatic carbocycles. The molecule has 0 amide bonds. The topological polar surface area (TPSA) is 37.3 Å². The van der Waals surface area contributed by atoms with E-state index in [1.54, 1.807) is 6.07 Å². The van der Waals surface area contributed by atoms with Crippen LogP contribution in [0.4, 0.5) is 0 Å². The normalized spacial score (nSPS) is 26.2. The average Bonchev–Trinajstić information content (AvgIpc) is 2.31. The highest BCUT2D eigenvalue weighted by Gasteiger charge is 2.30. The summed E-state index contributed by atoms with van der Waals surface area (Å²) in [5.74, 6) is 1.15. The van der Waals surface area contributed by atoms with Gasteiger partial charge < -0.3 is 14.8 Å². The number of hydrogen-bond donors (Lipinski definition) is 1. The SMILES string of the molecule is CN(C)Cc1cc2n(c(=O)c1)CC1CNCC2C1. The third-order valence-electron chi connectivity index (χ3n) is 4.02. The largest absolute Gasteiger partial charge is 0.316 e. The Morgan fingerprint density at radius 2 is 2.22 bits per heavy atom. The molecule has 1 saturated heterocycles. The molecule has 3 rings (SSSR count). The van der Waals surface area contributed by atoms with E-state index in [-0.39, 0.29) is 5.56 Å². The van der Waals surface area contributed by atoms with E-state index in [4.69, 9.17) is 0 Å². The molecule has 0 saturated carbocycles. The fraction of sp³-hybridized carbons (Fsp3) is 0.643. The number of rotatable bonds is 2. The van der Waals surface area contributed by atoms with Gasteiger partial charge in [-0.25, -0.2) is 0 Å². The van der Waals surface area contributed by atoms with Crippen LogP contribution in [-0.4, -0.2) is 36.7 Å². The van der Waals surface area contributed by atoms with Crippen molar-refractivity contribution in [1.29, 1.82) is 0 Å². The maximum atomic E-state index is 12.2. The molecular weight excluding hydrogens is 226 g/mol. The van der Waals surface area contributed by atoms with Crippen LogP contribution in [0.15, 0.2) is 16.9 Å². The van der Waals surface area contributed by atoms with Crippen LogP contribution in [0.3, 0.4) is 0 Å². The molecule has 0 aromatic carbocycles. The Morgan fingerprint density at radius 3 is 3.00 bits per heavy atom. The van der Waals surface area contributed by atoms with E-state index in [1.165, 1.54) is 12.1 Å². The maximum Gasteiger partial charge on any atom is 0.251 e. The Labute approximate surface area is 108 Å². The maximum absolute atomic E-state index is 12.2. The standard InChI is InChI=1S/C14H21N3O/c1-16(2)8-10-4-13-12-3-11(6-15-7-12)9-17(13)14(18)5-10/h4-5,11-12,15H,3,6-9H2,1-2H3. The van der Waals surface area contributed by atoms with Gasteiger partial charge in [0.05, 0.1) is 0 Å². The first-order chi connectivity index (χ1) is 8.63. The molecule has 2 unspecified atom stereocenters. The number of nitrogens with one attached hydrogen (secondary N) is 1. The molecule has 0 radical (unpaired) electrons. The van der Waals surface area contributed by atoms with Crippen molar-refractivity contribution in [1.82, 2.24) is 14.8 Å². The Hall–Kier alpha value is -1.13. The molecule has 0 spiro atoms. The van der Waals surface area contributed by atoms with Crippen LogP contribution < -0.4 is 10.9 Å². The summed E-state index contributed by atoms with van der Waals surface area (Å²) in [5.41, 5.74) is 2.56. The quantitative estimate of drug-likeness (QED) is 0.832. The molecule has 4 heteroatoms. The highest BCUT2D eigenvalue weighted by molar-refractivity contribution is 5.23. The van der Waals surface area contributed by atoms with Crippen LogP contribution in [-0.2, 0) is 13.1 Å². The summed E-state index contributed by atoms with van der Waals surface area (Å²) in [6.45, 7) is 3.80. The third kappa shape index (κ3) is 2.10. The van der Waals surface area contributed by atoms with Gasteiger partial charge in [0.15, 0.2) is 0 Å². The summed E-state index contributed by atoms with van der Waals surface area (Å²) < 4.78 is 2.00. The fourth-order valence-electron chi connectivity index (χ4n) is 3.32. The van der Waals surface area contributed by atoms with Gasteiger partial charge in [-0.2, -0.15) is 0 Å². The van der Waals surface area contributed by atoms with Crippen LogP contribution >= 0.6 is 0 Å². The van der Waals surface area contributed by atoms with E-state index in [1.807, 2.05) is 18.7 Å². The monoisotopic (exact) mass is 247 g/mol. The highest BCUT2D eigenvalue weighted by atomic mass is 16.1. The lowest BCUT2D eigenvalue weighted by Crippen LogP contribution is -2.45. The molecule has 2 atom stereocenters. The highest BCUT2D eigenvalue weighted by Crippen LogP contribution is 2.32. The zero-order valence-corrected chi connectivity index (χ0v) is 11.1. The summed E-state index contributed by atoms with van der Waals surface area (Å²) in [5, 5.41) is 3.48. The van der Waals surface area contributed by atoms with Crippen molar-refractivity contribution in [2.45, 2.75) is 25.4 Å². The van der Waals surface area contributed by atoms with E-state index in [2.05, 4.69) is 16.3 Å². The fourth-order valence-corrected chi connectivity index (χ4v) is 3.32. The minimum atomic E-state index is 0.181. The van der Waals surface area contributed by atoms with E-state index >= 15 is 0 Å². The molecule has 1 aromatic rings. The lowest BCUT2D eigenvalue weighted by molar-refractivity contribution is 0.256. The van der Waals surface area contributed by atoms with Crippen LogP contribution in [0.1, 0.15) is 23.6 Å².